The zero-order valence-corrected chi connectivity index (χ0v) is 15.6. The number of anilines is 1. The lowest BCUT2D eigenvalue weighted by molar-refractivity contribution is 0.274. The number of nitrogens with one attached hydrogen (secondary N) is 1. The number of ether oxygens (including phenoxy) is 1. The second-order valence-electron chi connectivity index (χ2n) is 5.94. The van der Waals surface area contributed by atoms with E-state index in [-0.39, 0.29) is 6.04 Å². The number of aromatic nitrogens is 2. The van der Waals surface area contributed by atoms with Gasteiger partial charge in [0.15, 0.2) is 0 Å². The van der Waals surface area contributed by atoms with Crippen LogP contribution < -0.4 is 10.1 Å². The van der Waals surface area contributed by atoms with E-state index in [1.807, 2.05) is 6.07 Å². The first-order valence-corrected chi connectivity index (χ1v) is 9.25. The number of nitrogens with zero attached hydrogens (tertiary/aromatic N) is 2. The second-order valence-corrected chi connectivity index (χ2v) is 7.19. The van der Waals surface area contributed by atoms with Gasteiger partial charge in [-0.25, -0.2) is 9.97 Å². The van der Waals surface area contributed by atoms with Crippen LogP contribution in [0.1, 0.15) is 30.5 Å². The van der Waals surface area contributed by atoms with Crippen molar-refractivity contribution in [3.8, 4) is 5.75 Å². The normalized spacial score (nSPS) is 16.5. The summed E-state index contributed by atoms with van der Waals surface area (Å²) in [5.41, 5.74) is 3.51. The number of hydrogen-bond donors (Lipinski definition) is 1. The zero-order valence-electron chi connectivity index (χ0n) is 13.4. The summed E-state index contributed by atoms with van der Waals surface area (Å²) < 4.78 is 7.00. The van der Waals surface area contributed by atoms with Gasteiger partial charge in [0.2, 0.25) is 0 Å². The Morgan fingerprint density at radius 2 is 2.12 bits per heavy atom. The van der Waals surface area contributed by atoms with Crippen LogP contribution in [0.15, 0.2) is 42.7 Å². The number of hydrogen-bond acceptors (Lipinski definition) is 4. The van der Waals surface area contributed by atoms with Crippen LogP contribution in [-0.4, -0.2) is 16.6 Å². The van der Waals surface area contributed by atoms with E-state index in [4.69, 9.17) is 4.74 Å². The van der Waals surface area contributed by atoms with Gasteiger partial charge in [-0.2, -0.15) is 0 Å². The topological polar surface area (TPSA) is 47.0 Å². The van der Waals surface area contributed by atoms with Crippen molar-refractivity contribution in [3.05, 3.63) is 57.4 Å². The highest BCUT2D eigenvalue weighted by Crippen LogP contribution is 2.36. The predicted octanol–water partition coefficient (Wildman–Crippen LogP) is 4.73. The summed E-state index contributed by atoms with van der Waals surface area (Å²) in [4.78, 5) is 8.86. The number of fused-ring (bicyclic) bond motifs is 2. The lowest BCUT2D eigenvalue weighted by atomic mass is 9.97. The largest absolute Gasteiger partial charge is 0.493 e. The second kappa shape index (κ2) is 6.55. The first-order valence-electron chi connectivity index (χ1n) is 8.17. The van der Waals surface area contributed by atoms with E-state index in [2.05, 4.69) is 75.1 Å². The molecule has 1 aliphatic heterocycles. The van der Waals surface area contributed by atoms with Crippen LogP contribution in [0.2, 0.25) is 0 Å². The highest BCUT2D eigenvalue weighted by Gasteiger charge is 2.22. The van der Waals surface area contributed by atoms with Crippen molar-refractivity contribution in [1.29, 1.82) is 0 Å². The third-order valence-electron chi connectivity index (χ3n) is 4.43. The lowest BCUT2D eigenvalue weighted by Gasteiger charge is -2.28. The highest BCUT2D eigenvalue weighted by atomic mass is 127. The molecule has 2 aromatic carbocycles. The van der Waals surface area contributed by atoms with Gasteiger partial charge in [-0.1, -0.05) is 19.1 Å². The van der Waals surface area contributed by atoms with Gasteiger partial charge in [0, 0.05) is 20.9 Å². The summed E-state index contributed by atoms with van der Waals surface area (Å²) in [6.45, 7) is 2.89. The Morgan fingerprint density at radius 1 is 1.21 bits per heavy atom. The minimum Gasteiger partial charge on any atom is -0.493 e. The molecule has 1 aliphatic rings. The molecule has 4 rings (SSSR count). The molecule has 3 aromatic rings. The number of halogens is 1. The SMILES string of the molecule is CCc1ccc2c(c1)[C@@H](Nc1ncnc3ccc(I)cc13)CCO2. The van der Waals surface area contributed by atoms with Crippen molar-refractivity contribution in [2.45, 2.75) is 25.8 Å². The van der Waals surface area contributed by atoms with Crippen LogP contribution in [0.25, 0.3) is 10.9 Å². The quantitative estimate of drug-likeness (QED) is 0.610. The Labute approximate surface area is 154 Å². The molecule has 0 fully saturated rings. The van der Waals surface area contributed by atoms with Gasteiger partial charge in [-0.05, 0) is 58.8 Å². The van der Waals surface area contributed by atoms with Gasteiger partial charge in [0.25, 0.3) is 0 Å². The van der Waals surface area contributed by atoms with Crippen molar-refractivity contribution in [2.24, 2.45) is 0 Å². The third-order valence-corrected chi connectivity index (χ3v) is 5.10. The van der Waals surface area contributed by atoms with Crippen molar-refractivity contribution < 1.29 is 4.74 Å². The number of aryl methyl sites for hydroxylation is 1. The highest BCUT2D eigenvalue weighted by molar-refractivity contribution is 14.1. The third kappa shape index (κ3) is 2.92. The van der Waals surface area contributed by atoms with Crippen LogP contribution in [0.5, 0.6) is 5.75 Å². The fourth-order valence-corrected chi connectivity index (χ4v) is 3.61. The van der Waals surface area contributed by atoms with Crippen molar-refractivity contribution in [3.63, 3.8) is 0 Å². The molecule has 24 heavy (non-hydrogen) atoms. The maximum Gasteiger partial charge on any atom is 0.137 e. The summed E-state index contributed by atoms with van der Waals surface area (Å²) in [7, 11) is 0. The van der Waals surface area contributed by atoms with E-state index in [0.29, 0.717) is 0 Å². The monoisotopic (exact) mass is 431 g/mol. The molecule has 1 N–H and O–H groups in total. The Bertz CT molecular complexity index is 897. The molecule has 0 aliphatic carbocycles. The molecular weight excluding hydrogens is 413 g/mol. The predicted molar refractivity (Wildman–Crippen MR) is 105 cm³/mol. The maximum atomic E-state index is 5.82. The van der Waals surface area contributed by atoms with Crippen LogP contribution in [-0.2, 0) is 6.42 Å². The molecule has 122 valence electrons. The van der Waals surface area contributed by atoms with E-state index in [1.165, 1.54) is 14.7 Å². The molecular formula is C19H18IN3O. The fraction of sp³-hybridized carbons (Fsp3) is 0.263. The standard InChI is InChI=1S/C19H18IN3O/c1-2-12-3-6-18-14(9-12)17(7-8-24-18)23-19-15-10-13(20)4-5-16(15)21-11-22-19/h3-6,9-11,17H,2,7-8H2,1H3,(H,21,22,23)/t17-/m0/s1. The summed E-state index contributed by atoms with van der Waals surface area (Å²) in [6, 6.07) is 12.9. The summed E-state index contributed by atoms with van der Waals surface area (Å²) in [5, 5.41) is 4.68. The number of rotatable bonds is 3. The molecule has 4 nitrogen and oxygen atoms in total. The van der Waals surface area contributed by atoms with Gasteiger partial charge in [-0.3, -0.25) is 0 Å². The molecule has 0 bridgehead atoms. The first kappa shape index (κ1) is 15.6. The molecule has 5 heteroatoms. The molecule has 2 heterocycles. The number of benzene rings is 2. The van der Waals surface area contributed by atoms with E-state index >= 15 is 0 Å². The Hall–Kier alpha value is -1.89. The summed E-state index contributed by atoms with van der Waals surface area (Å²) in [5.74, 6) is 1.86. The minimum absolute atomic E-state index is 0.205. The molecule has 0 saturated heterocycles. The average molecular weight is 431 g/mol. The van der Waals surface area contributed by atoms with Gasteiger partial charge in [-0.15, -0.1) is 0 Å². The van der Waals surface area contributed by atoms with E-state index in [1.54, 1.807) is 6.33 Å². The molecule has 0 amide bonds. The van der Waals surface area contributed by atoms with Gasteiger partial charge < -0.3 is 10.1 Å². The lowest BCUT2D eigenvalue weighted by Crippen LogP contribution is -2.21. The minimum atomic E-state index is 0.205. The molecule has 1 atom stereocenters. The Balaban J connectivity index is 1.74. The van der Waals surface area contributed by atoms with E-state index in [9.17, 15) is 0 Å². The van der Waals surface area contributed by atoms with Crippen LogP contribution in [0.3, 0.4) is 0 Å². The molecule has 0 radical (unpaired) electrons. The summed E-state index contributed by atoms with van der Waals surface area (Å²) >= 11 is 2.32. The van der Waals surface area contributed by atoms with Gasteiger partial charge in [0.05, 0.1) is 18.2 Å². The zero-order chi connectivity index (χ0) is 16.5. The maximum absolute atomic E-state index is 5.82. The Morgan fingerprint density at radius 3 is 3.00 bits per heavy atom. The fourth-order valence-electron chi connectivity index (χ4n) is 3.12. The van der Waals surface area contributed by atoms with Crippen LogP contribution in [0.4, 0.5) is 5.82 Å². The van der Waals surface area contributed by atoms with Crippen molar-refractivity contribution in [2.75, 3.05) is 11.9 Å². The van der Waals surface area contributed by atoms with E-state index in [0.717, 1.165) is 41.9 Å². The smallest absolute Gasteiger partial charge is 0.137 e. The first-order chi connectivity index (χ1) is 11.7. The van der Waals surface area contributed by atoms with Gasteiger partial charge in [0.1, 0.15) is 17.9 Å². The Kier molecular flexibility index (Phi) is 4.26. The summed E-state index contributed by atoms with van der Waals surface area (Å²) in [6.07, 6.45) is 3.57. The van der Waals surface area contributed by atoms with Crippen molar-refractivity contribution in [1.82, 2.24) is 9.97 Å². The molecule has 1 aromatic heterocycles. The van der Waals surface area contributed by atoms with Crippen LogP contribution in [0, 0.1) is 3.57 Å². The van der Waals surface area contributed by atoms with Crippen molar-refractivity contribution >= 4 is 39.3 Å². The van der Waals surface area contributed by atoms with Crippen LogP contribution >= 0.6 is 22.6 Å². The molecule has 0 spiro atoms. The molecule has 0 unspecified atom stereocenters. The average Bonchev–Trinajstić information content (AvgIpc) is 2.62. The van der Waals surface area contributed by atoms with E-state index < -0.39 is 0 Å². The van der Waals surface area contributed by atoms with Gasteiger partial charge >= 0.3 is 0 Å². The molecule has 0 saturated carbocycles.